The normalized spacial score (nSPS) is 11.8. The second-order valence-corrected chi connectivity index (χ2v) is 10.1. The number of benzene rings is 4. The van der Waals surface area contributed by atoms with Crippen molar-refractivity contribution in [3.05, 3.63) is 150 Å². The van der Waals surface area contributed by atoms with Crippen molar-refractivity contribution in [3.8, 4) is 11.3 Å². The fourth-order valence-electron chi connectivity index (χ4n) is 4.53. The van der Waals surface area contributed by atoms with Gasteiger partial charge in [0.1, 0.15) is 6.33 Å². The highest BCUT2D eigenvalue weighted by molar-refractivity contribution is 7.91. The SMILES string of the molecule is O=Cc1ccccc1-c1cn(S(=O)(=O)C(c2ccccc2)(c2ccccc2)c2ccccc2)cn1. The van der Waals surface area contributed by atoms with Gasteiger partial charge in [-0.3, -0.25) is 4.79 Å². The lowest BCUT2D eigenvalue weighted by molar-refractivity contribution is 0.112. The first kappa shape index (κ1) is 22.5. The molecule has 5 rings (SSSR count). The standard InChI is InChI=1S/C29H22N2O3S/c32-21-23-12-10-11-19-27(23)28-20-31(22-30-28)35(33,34)29(24-13-4-1-5-14-24,25-15-6-2-7-16-25)26-17-8-3-9-18-26/h1-22H. The lowest BCUT2D eigenvalue weighted by Crippen LogP contribution is -2.41. The molecule has 0 amide bonds. The van der Waals surface area contributed by atoms with Crippen molar-refractivity contribution in [2.75, 3.05) is 0 Å². The van der Waals surface area contributed by atoms with Gasteiger partial charge < -0.3 is 0 Å². The van der Waals surface area contributed by atoms with Gasteiger partial charge >= 0.3 is 0 Å². The van der Waals surface area contributed by atoms with Crippen LogP contribution in [-0.2, 0) is 14.8 Å². The van der Waals surface area contributed by atoms with Gasteiger partial charge in [0, 0.05) is 17.3 Å². The maximum atomic E-state index is 14.7. The van der Waals surface area contributed by atoms with Crippen molar-refractivity contribution in [2.45, 2.75) is 4.75 Å². The minimum Gasteiger partial charge on any atom is -0.298 e. The van der Waals surface area contributed by atoms with Crippen LogP contribution in [0.1, 0.15) is 27.0 Å². The monoisotopic (exact) mass is 478 g/mol. The van der Waals surface area contributed by atoms with Crippen molar-refractivity contribution in [2.24, 2.45) is 0 Å². The van der Waals surface area contributed by atoms with E-state index in [2.05, 4.69) is 4.98 Å². The third kappa shape index (κ3) is 3.68. The molecule has 0 unspecified atom stereocenters. The summed E-state index contributed by atoms with van der Waals surface area (Å²) in [5.74, 6) is 0. The second kappa shape index (κ2) is 9.16. The minimum atomic E-state index is -4.16. The van der Waals surface area contributed by atoms with Crippen molar-refractivity contribution >= 4 is 16.3 Å². The molecular weight excluding hydrogens is 456 g/mol. The maximum Gasteiger partial charge on any atom is 0.258 e. The number of rotatable bonds is 7. The van der Waals surface area contributed by atoms with E-state index in [1.54, 1.807) is 24.3 Å². The molecule has 5 aromatic rings. The molecule has 172 valence electrons. The molecule has 0 aliphatic carbocycles. The first-order valence-corrected chi connectivity index (χ1v) is 12.5. The molecule has 1 heterocycles. The number of aromatic nitrogens is 2. The van der Waals surface area contributed by atoms with Crippen molar-refractivity contribution < 1.29 is 13.2 Å². The molecular formula is C29H22N2O3S. The molecule has 35 heavy (non-hydrogen) atoms. The number of carbonyl (C=O) groups is 1. The summed E-state index contributed by atoms with van der Waals surface area (Å²) in [5, 5.41) is 0. The third-order valence-electron chi connectivity index (χ3n) is 6.13. The number of imidazole rings is 1. The average molecular weight is 479 g/mol. The summed E-state index contributed by atoms with van der Waals surface area (Å²) in [6, 6.07) is 34.6. The summed E-state index contributed by atoms with van der Waals surface area (Å²) in [4.78, 5) is 15.9. The van der Waals surface area contributed by atoms with E-state index in [-0.39, 0.29) is 0 Å². The molecule has 4 aromatic carbocycles. The number of carbonyl (C=O) groups excluding carboxylic acids is 1. The summed E-state index contributed by atoms with van der Waals surface area (Å²) in [6.45, 7) is 0. The van der Waals surface area contributed by atoms with Crippen LogP contribution < -0.4 is 0 Å². The Labute approximate surface area is 204 Å². The molecule has 0 aliphatic rings. The summed E-state index contributed by atoms with van der Waals surface area (Å²) in [7, 11) is -4.16. The van der Waals surface area contributed by atoms with Gasteiger partial charge in [0.05, 0.1) is 5.69 Å². The van der Waals surface area contributed by atoms with Gasteiger partial charge in [0.15, 0.2) is 11.0 Å². The molecule has 0 atom stereocenters. The molecule has 0 saturated carbocycles. The highest BCUT2D eigenvalue weighted by atomic mass is 32.2. The smallest absolute Gasteiger partial charge is 0.258 e. The molecule has 1 aromatic heterocycles. The molecule has 0 spiro atoms. The number of nitrogens with zero attached hydrogens (tertiary/aromatic N) is 2. The van der Waals surface area contributed by atoms with E-state index in [0.29, 0.717) is 33.5 Å². The Hall–Kier alpha value is -4.29. The average Bonchev–Trinajstić information content (AvgIpc) is 3.42. The second-order valence-electron chi connectivity index (χ2n) is 8.08. The molecule has 0 bridgehead atoms. The molecule has 0 fully saturated rings. The fraction of sp³-hybridized carbons (Fsp3) is 0.0345. The van der Waals surface area contributed by atoms with Gasteiger partial charge in [-0.25, -0.2) is 17.4 Å². The third-order valence-corrected chi connectivity index (χ3v) is 8.37. The quantitative estimate of drug-likeness (QED) is 0.228. The fourth-order valence-corrected chi connectivity index (χ4v) is 6.56. The minimum absolute atomic E-state index is 0.402. The maximum absolute atomic E-state index is 14.7. The summed E-state index contributed by atoms with van der Waals surface area (Å²) in [6.07, 6.45) is 3.52. The van der Waals surface area contributed by atoms with E-state index in [9.17, 15) is 13.2 Å². The van der Waals surface area contributed by atoms with Crippen molar-refractivity contribution in [1.29, 1.82) is 0 Å². The topological polar surface area (TPSA) is 69.0 Å². The van der Waals surface area contributed by atoms with Gasteiger partial charge in [-0.05, 0) is 16.7 Å². The van der Waals surface area contributed by atoms with E-state index in [0.717, 1.165) is 10.3 Å². The van der Waals surface area contributed by atoms with Gasteiger partial charge in [0.2, 0.25) is 0 Å². The lowest BCUT2D eigenvalue weighted by atomic mass is 9.84. The number of hydrogen-bond donors (Lipinski definition) is 0. The van der Waals surface area contributed by atoms with Crippen molar-refractivity contribution in [3.63, 3.8) is 0 Å². The highest BCUT2D eigenvalue weighted by Gasteiger charge is 2.49. The Kier molecular flexibility index (Phi) is 5.89. The van der Waals surface area contributed by atoms with Crippen LogP contribution in [-0.4, -0.2) is 23.7 Å². The van der Waals surface area contributed by atoms with Gasteiger partial charge in [-0.1, -0.05) is 115 Å². The molecule has 0 N–H and O–H groups in total. The first-order valence-electron chi connectivity index (χ1n) is 11.1. The first-order chi connectivity index (χ1) is 17.1. The molecule has 0 radical (unpaired) electrons. The van der Waals surface area contributed by atoms with E-state index in [1.807, 2.05) is 91.0 Å². The van der Waals surface area contributed by atoms with E-state index in [4.69, 9.17) is 0 Å². The van der Waals surface area contributed by atoms with Crippen LogP contribution in [0.3, 0.4) is 0 Å². The Morgan fingerprint density at radius 3 is 1.60 bits per heavy atom. The zero-order chi connectivity index (χ0) is 24.3. The molecule has 0 aliphatic heterocycles. The van der Waals surface area contributed by atoms with Crippen LogP contribution in [0.25, 0.3) is 11.3 Å². The summed E-state index contributed by atoms with van der Waals surface area (Å²) < 4.78 is 29.0. The predicted octanol–water partition coefficient (Wildman–Crippen LogP) is 5.53. The molecule has 6 heteroatoms. The predicted molar refractivity (Wildman–Crippen MR) is 137 cm³/mol. The number of hydrogen-bond acceptors (Lipinski definition) is 4. The Morgan fingerprint density at radius 1 is 0.657 bits per heavy atom. The zero-order valence-corrected chi connectivity index (χ0v) is 19.5. The Balaban J connectivity index is 1.81. The van der Waals surface area contributed by atoms with Crippen LogP contribution in [0.4, 0.5) is 0 Å². The Bertz CT molecular complexity index is 1470. The van der Waals surface area contributed by atoms with Gasteiger partial charge in [0.25, 0.3) is 10.0 Å². The molecule has 5 nitrogen and oxygen atoms in total. The van der Waals surface area contributed by atoms with E-state index >= 15 is 0 Å². The van der Waals surface area contributed by atoms with Crippen LogP contribution in [0.5, 0.6) is 0 Å². The van der Waals surface area contributed by atoms with Crippen LogP contribution in [0.2, 0.25) is 0 Å². The number of aldehydes is 1. The molecule has 0 saturated heterocycles. The van der Waals surface area contributed by atoms with Gasteiger partial charge in [-0.15, -0.1) is 0 Å². The van der Waals surface area contributed by atoms with Crippen LogP contribution in [0.15, 0.2) is 128 Å². The van der Waals surface area contributed by atoms with Crippen molar-refractivity contribution in [1.82, 2.24) is 8.96 Å². The Morgan fingerprint density at radius 2 is 1.11 bits per heavy atom. The van der Waals surface area contributed by atoms with Gasteiger partial charge in [-0.2, -0.15) is 0 Å². The highest BCUT2D eigenvalue weighted by Crippen LogP contribution is 2.45. The van der Waals surface area contributed by atoms with E-state index in [1.165, 1.54) is 12.5 Å². The van der Waals surface area contributed by atoms with Crippen LogP contribution in [0, 0.1) is 0 Å². The lowest BCUT2D eigenvalue weighted by Gasteiger charge is -2.35. The summed E-state index contributed by atoms with van der Waals surface area (Å²) in [5.41, 5.74) is 3.25. The largest absolute Gasteiger partial charge is 0.298 e. The summed E-state index contributed by atoms with van der Waals surface area (Å²) >= 11 is 0. The van der Waals surface area contributed by atoms with Crippen LogP contribution >= 0.6 is 0 Å². The van der Waals surface area contributed by atoms with E-state index < -0.39 is 14.8 Å². The zero-order valence-electron chi connectivity index (χ0n) is 18.7.